The molecule has 0 bridgehead atoms. The second-order valence-corrected chi connectivity index (χ2v) is 12.1. The van der Waals surface area contributed by atoms with Gasteiger partial charge in [-0.1, -0.05) is 49.1 Å². The predicted octanol–water partition coefficient (Wildman–Crippen LogP) is 6.58. The fourth-order valence-electron chi connectivity index (χ4n) is 7.11. The largest absolute Gasteiger partial charge is 0.383 e. The van der Waals surface area contributed by atoms with Crippen LogP contribution in [0.1, 0.15) is 74.2 Å². The summed E-state index contributed by atoms with van der Waals surface area (Å²) in [6, 6.07) is 7.15. The van der Waals surface area contributed by atoms with Gasteiger partial charge in [-0.05, 0) is 91.6 Å². The maximum absolute atomic E-state index is 13.1. The Morgan fingerprint density at radius 3 is 2.74 bits per heavy atom. The van der Waals surface area contributed by atoms with E-state index < -0.39 is 0 Å². The Morgan fingerprint density at radius 2 is 1.97 bits per heavy atom. The summed E-state index contributed by atoms with van der Waals surface area (Å²) in [5.41, 5.74) is 5.28. The number of urea groups is 1. The fraction of sp³-hybridized carbons (Fsp3) is 0.500. The summed E-state index contributed by atoms with van der Waals surface area (Å²) in [5.74, 6) is 1.81. The third-order valence-corrected chi connectivity index (χ3v) is 9.49. The van der Waals surface area contributed by atoms with Gasteiger partial charge in [-0.25, -0.2) is 9.78 Å². The molecule has 1 saturated carbocycles. The molecule has 2 amide bonds. The summed E-state index contributed by atoms with van der Waals surface area (Å²) < 4.78 is 2.21. The highest BCUT2D eigenvalue weighted by molar-refractivity contribution is 6.30. The molecule has 0 spiro atoms. The molecule has 39 heavy (non-hydrogen) atoms. The summed E-state index contributed by atoms with van der Waals surface area (Å²) in [5, 5.41) is 7.81. The second-order valence-electron chi connectivity index (χ2n) is 11.6. The quantitative estimate of drug-likeness (QED) is 0.446. The molecule has 2 fully saturated rings. The molecular weight excluding hydrogens is 506 g/mol. The van der Waals surface area contributed by atoms with Crippen LogP contribution >= 0.6 is 11.6 Å². The van der Waals surface area contributed by atoms with E-state index in [-0.39, 0.29) is 12.1 Å². The number of hydrogen-bond acceptors (Lipinski definition) is 3. The molecule has 206 valence electrons. The molecule has 4 aliphatic rings. The van der Waals surface area contributed by atoms with Crippen molar-refractivity contribution in [3.8, 4) is 0 Å². The zero-order valence-corrected chi connectivity index (χ0v) is 23.7. The molecule has 2 N–H and O–H groups in total. The molecular formula is C32H40ClN5O. The Kier molecular flexibility index (Phi) is 7.83. The standard InChI is InChI=1S/C32H40ClN5O/c1-22-34-15-19-37(22)16-13-24-20-25-6-5-14-35-31(25)30(28-10-9-26(33)21-29(24)28)23-11-17-38(18-12-23)32(39)36-27-7-3-2-4-8-27/h5-6,9-10,14-15,19-21,23,27,30-31,35H,2-4,7-8,11-13,16-18H2,1H3,(H,36,39). The van der Waals surface area contributed by atoms with Crippen molar-refractivity contribution >= 4 is 23.2 Å². The van der Waals surface area contributed by atoms with Crippen LogP contribution < -0.4 is 10.6 Å². The number of benzene rings is 1. The zero-order valence-electron chi connectivity index (χ0n) is 22.9. The van der Waals surface area contributed by atoms with Gasteiger partial charge in [0, 0.05) is 49.0 Å². The Hall–Kier alpha value is -2.99. The summed E-state index contributed by atoms with van der Waals surface area (Å²) in [6.45, 7) is 4.55. The van der Waals surface area contributed by atoms with Crippen molar-refractivity contribution in [2.45, 2.75) is 82.8 Å². The zero-order chi connectivity index (χ0) is 26.8. The van der Waals surface area contributed by atoms with Crippen molar-refractivity contribution < 1.29 is 4.79 Å². The summed E-state index contributed by atoms with van der Waals surface area (Å²) in [4.78, 5) is 19.5. The van der Waals surface area contributed by atoms with E-state index in [1.807, 2.05) is 17.2 Å². The molecule has 2 aliphatic carbocycles. The molecule has 2 aliphatic heterocycles. The van der Waals surface area contributed by atoms with Crippen LogP contribution in [0.25, 0.3) is 5.57 Å². The van der Waals surface area contributed by atoms with E-state index in [1.54, 1.807) is 0 Å². The monoisotopic (exact) mass is 545 g/mol. The highest BCUT2D eigenvalue weighted by atomic mass is 35.5. The molecule has 1 aromatic carbocycles. The van der Waals surface area contributed by atoms with Crippen molar-refractivity contribution in [3.05, 3.63) is 82.6 Å². The van der Waals surface area contributed by atoms with Crippen LogP contribution in [0.3, 0.4) is 0 Å². The van der Waals surface area contributed by atoms with Gasteiger partial charge in [0.2, 0.25) is 0 Å². The molecule has 1 aromatic heterocycles. The highest BCUT2D eigenvalue weighted by Gasteiger charge is 2.39. The summed E-state index contributed by atoms with van der Waals surface area (Å²) in [6.07, 6.45) is 21.7. The number of aromatic nitrogens is 2. The van der Waals surface area contributed by atoms with E-state index in [1.165, 1.54) is 41.5 Å². The van der Waals surface area contributed by atoms with Gasteiger partial charge in [0.1, 0.15) is 5.82 Å². The van der Waals surface area contributed by atoms with Gasteiger partial charge in [0.05, 0.1) is 6.04 Å². The lowest BCUT2D eigenvalue weighted by atomic mass is 9.73. The Labute approximate surface area is 237 Å². The maximum Gasteiger partial charge on any atom is 0.317 e. The fourth-order valence-corrected chi connectivity index (χ4v) is 7.28. The molecule has 7 heteroatoms. The number of imidazole rings is 1. The lowest BCUT2D eigenvalue weighted by molar-refractivity contribution is 0.153. The maximum atomic E-state index is 13.1. The van der Waals surface area contributed by atoms with Crippen LogP contribution in [0.15, 0.2) is 60.6 Å². The van der Waals surface area contributed by atoms with E-state index >= 15 is 0 Å². The molecule has 6 nitrogen and oxygen atoms in total. The first-order chi connectivity index (χ1) is 19.1. The van der Waals surface area contributed by atoms with Crippen LogP contribution in [-0.4, -0.2) is 45.7 Å². The minimum absolute atomic E-state index is 0.131. The Balaban J connectivity index is 1.24. The molecule has 3 heterocycles. The number of rotatable bonds is 5. The number of amides is 2. The first-order valence-corrected chi connectivity index (χ1v) is 15.1. The number of halogens is 1. The Morgan fingerprint density at radius 1 is 1.15 bits per heavy atom. The van der Waals surface area contributed by atoms with Gasteiger partial charge in [-0.3, -0.25) is 0 Å². The number of dihydropyridines is 1. The van der Waals surface area contributed by atoms with Crippen molar-refractivity contribution in [2.75, 3.05) is 13.1 Å². The number of likely N-dealkylation sites (tertiary alicyclic amines) is 1. The number of aryl methyl sites for hydroxylation is 2. The Bertz CT molecular complexity index is 1280. The van der Waals surface area contributed by atoms with Crippen LogP contribution in [-0.2, 0) is 6.54 Å². The molecule has 0 radical (unpaired) electrons. The normalized spacial score (nSPS) is 23.7. The third-order valence-electron chi connectivity index (χ3n) is 9.25. The van der Waals surface area contributed by atoms with Gasteiger partial charge in [-0.15, -0.1) is 0 Å². The van der Waals surface area contributed by atoms with Crippen LogP contribution in [0.2, 0.25) is 5.02 Å². The minimum Gasteiger partial charge on any atom is -0.383 e. The average molecular weight is 546 g/mol. The van der Waals surface area contributed by atoms with Crippen molar-refractivity contribution in [2.24, 2.45) is 5.92 Å². The average Bonchev–Trinajstić information content (AvgIpc) is 3.32. The highest BCUT2D eigenvalue weighted by Crippen LogP contribution is 2.45. The van der Waals surface area contributed by atoms with Crippen molar-refractivity contribution in [3.63, 3.8) is 0 Å². The van der Waals surface area contributed by atoms with Crippen LogP contribution in [0.5, 0.6) is 0 Å². The number of hydrogen-bond donors (Lipinski definition) is 2. The lowest BCUT2D eigenvalue weighted by Gasteiger charge is -2.41. The topological polar surface area (TPSA) is 62.2 Å². The van der Waals surface area contributed by atoms with Crippen molar-refractivity contribution in [1.82, 2.24) is 25.1 Å². The van der Waals surface area contributed by atoms with E-state index in [4.69, 9.17) is 11.6 Å². The number of nitrogens with zero attached hydrogens (tertiary/aromatic N) is 3. The first-order valence-electron chi connectivity index (χ1n) is 14.7. The lowest BCUT2D eigenvalue weighted by Crippen LogP contribution is -2.49. The van der Waals surface area contributed by atoms with E-state index in [0.29, 0.717) is 17.9 Å². The molecule has 2 unspecified atom stereocenters. The SMILES string of the molecule is Cc1nccn1CCC1=CC2=CC=CNC2C(C2CCN(C(=O)NC3CCCCC3)CC2)c2ccc(Cl)cc21. The van der Waals surface area contributed by atoms with Gasteiger partial charge in [0.25, 0.3) is 0 Å². The van der Waals surface area contributed by atoms with E-state index in [9.17, 15) is 4.79 Å². The van der Waals surface area contributed by atoms with Crippen LogP contribution in [0.4, 0.5) is 4.79 Å². The number of nitrogens with one attached hydrogen (secondary N) is 2. The molecule has 6 rings (SSSR count). The number of carbonyl (C=O) groups excluding carboxylic acids is 1. The number of carbonyl (C=O) groups is 1. The van der Waals surface area contributed by atoms with E-state index in [2.05, 4.69) is 69.9 Å². The smallest absolute Gasteiger partial charge is 0.317 e. The summed E-state index contributed by atoms with van der Waals surface area (Å²) >= 11 is 6.60. The second kappa shape index (κ2) is 11.6. The first kappa shape index (κ1) is 26.2. The third kappa shape index (κ3) is 5.67. The molecule has 2 aromatic rings. The molecule has 1 saturated heterocycles. The van der Waals surface area contributed by atoms with Crippen LogP contribution in [0, 0.1) is 12.8 Å². The van der Waals surface area contributed by atoms with Gasteiger partial charge in [0.15, 0.2) is 0 Å². The van der Waals surface area contributed by atoms with Gasteiger partial charge >= 0.3 is 6.03 Å². The molecule has 2 atom stereocenters. The van der Waals surface area contributed by atoms with Gasteiger partial charge < -0.3 is 20.1 Å². The summed E-state index contributed by atoms with van der Waals surface area (Å²) in [7, 11) is 0. The van der Waals surface area contributed by atoms with E-state index in [0.717, 1.165) is 62.6 Å². The minimum atomic E-state index is 0.131. The van der Waals surface area contributed by atoms with Gasteiger partial charge in [-0.2, -0.15) is 0 Å². The number of allylic oxidation sites excluding steroid dienone is 3. The number of piperidine rings is 1. The number of fused-ring (bicyclic) bond motifs is 2. The van der Waals surface area contributed by atoms with Crippen molar-refractivity contribution in [1.29, 1.82) is 0 Å². The predicted molar refractivity (Wildman–Crippen MR) is 158 cm³/mol.